The predicted molar refractivity (Wildman–Crippen MR) is 46.6 cm³/mol. The summed E-state index contributed by atoms with van der Waals surface area (Å²) in [5.74, 6) is 0. The van der Waals surface area contributed by atoms with Crippen molar-refractivity contribution in [1.82, 2.24) is 9.36 Å². The highest BCUT2D eigenvalue weighted by Crippen LogP contribution is 2.14. The van der Waals surface area contributed by atoms with Gasteiger partial charge in [-0.2, -0.15) is 0 Å². The molecule has 0 aromatic carbocycles. The third-order valence-electron chi connectivity index (χ3n) is 1.63. The molecule has 0 bridgehead atoms. The maximum absolute atomic E-state index is 5.09. The van der Waals surface area contributed by atoms with Crippen molar-refractivity contribution in [2.24, 2.45) is 0 Å². The fourth-order valence-corrected chi connectivity index (χ4v) is 2.92. The maximum atomic E-state index is 5.09. The number of hydrogen-bond donors (Lipinski definition) is 0. The molecule has 1 aromatic rings. The van der Waals surface area contributed by atoms with Crippen molar-refractivity contribution >= 4 is 35.8 Å². The van der Waals surface area contributed by atoms with Gasteiger partial charge in [-0.1, -0.05) is 11.3 Å². The number of nitrogens with zero attached hydrogens (tertiary/aromatic N) is 2. The summed E-state index contributed by atoms with van der Waals surface area (Å²) >= 11 is 11.7. The van der Waals surface area contributed by atoms with Crippen LogP contribution in [0.4, 0.5) is 0 Å². The smallest absolute Gasteiger partial charge is 0.178 e. The largest absolute Gasteiger partial charge is 0.264 e. The van der Waals surface area contributed by atoms with E-state index in [0.717, 1.165) is 21.0 Å². The van der Waals surface area contributed by atoms with Crippen LogP contribution in [0.5, 0.6) is 0 Å². The molecule has 5 heteroatoms. The SMILES string of the molecule is S=c1sc(=S)n2n1CCC2. The van der Waals surface area contributed by atoms with Gasteiger partial charge in [0.1, 0.15) is 0 Å². The molecule has 2 nitrogen and oxygen atoms in total. The number of hydrogen-bond acceptors (Lipinski definition) is 3. The van der Waals surface area contributed by atoms with E-state index in [4.69, 9.17) is 24.4 Å². The first-order chi connectivity index (χ1) is 4.79. The molecule has 54 valence electrons. The number of aromatic nitrogens is 2. The van der Waals surface area contributed by atoms with Crippen molar-refractivity contribution in [2.75, 3.05) is 0 Å². The monoisotopic (exact) mass is 190 g/mol. The minimum absolute atomic E-state index is 0.919. The van der Waals surface area contributed by atoms with Crippen molar-refractivity contribution in [2.45, 2.75) is 19.5 Å². The molecule has 1 aliphatic heterocycles. The van der Waals surface area contributed by atoms with Crippen LogP contribution in [0.3, 0.4) is 0 Å². The van der Waals surface area contributed by atoms with Gasteiger partial charge in [0.25, 0.3) is 0 Å². The second kappa shape index (κ2) is 2.25. The van der Waals surface area contributed by atoms with Crippen molar-refractivity contribution in [3.63, 3.8) is 0 Å². The van der Waals surface area contributed by atoms with Gasteiger partial charge in [-0.25, -0.2) is 0 Å². The average Bonchev–Trinajstić information content (AvgIpc) is 2.39. The van der Waals surface area contributed by atoms with Crippen LogP contribution >= 0.6 is 35.8 Å². The molecule has 0 amide bonds. The minimum Gasteiger partial charge on any atom is -0.264 e. The molecule has 0 atom stereocenters. The van der Waals surface area contributed by atoms with Crippen molar-refractivity contribution in [3.05, 3.63) is 7.91 Å². The third-order valence-corrected chi connectivity index (χ3v) is 3.32. The van der Waals surface area contributed by atoms with E-state index in [1.165, 1.54) is 17.8 Å². The Labute approximate surface area is 72.7 Å². The Hall–Kier alpha value is 0. The molecule has 1 aliphatic rings. The summed E-state index contributed by atoms with van der Waals surface area (Å²) in [5.41, 5.74) is 0. The number of fused-ring (bicyclic) bond motifs is 1. The van der Waals surface area contributed by atoms with E-state index in [2.05, 4.69) is 9.36 Å². The highest BCUT2D eigenvalue weighted by molar-refractivity contribution is 7.75. The van der Waals surface area contributed by atoms with E-state index < -0.39 is 0 Å². The average molecular weight is 190 g/mol. The van der Waals surface area contributed by atoms with E-state index in [-0.39, 0.29) is 0 Å². The lowest BCUT2D eigenvalue weighted by Gasteiger charge is -1.94. The summed E-state index contributed by atoms with van der Waals surface area (Å²) in [7, 11) is 0. The Bertz CT molecular complexity index is 323. The molecule has 1 aromatic heterocycles. The fraction of sp³-hybridized carbons (Fsp3) is 0.600. The summed E-state index contributed by atoms with van der Waals surface area (Å²) in [4.78, 5) is 0. The Morgan fingerprint density at radius 3 is 2.10 bits per heavy atom. The third kappa shape index (κ3) is 0.810. The van der Waals surface area contributed by atoms with Crippen molar-refractivity contribution in [1.29, 1.82) is 0 Å². The quantitative estimate of drug-likeness (QED) is 0.580. The van der Waals surface area contributed by atoms with Crippen LogP contribution in [-0.2, 0) is 13.1 Å². The van der Waals surface area contributed by atoms with Gasteiger partial charge in [0, 0.05) is 13.1 Å². The van der Waals surface area contributed by atoms with Crippen LogP contribution in [0.25, 0.3) is 0 Å². The van der Waals surface area contributed by atoms with Gasteiger partial charge < -0.3 is 0 Å². The van der Waals surface area contributed by atoms with E-state index in [1.807, 2.05) is 0 Å². The molecular weight excluding hydrogens is 184 g/mol. The first-order valence-electron chi connectivity index (χ1n) is 3.10. The lowest BCUT2D eigenvalue weighted by atomic mass is 10.5. The molecule has 0 saturated heterocycles. The van der Waals surface area contributed by atoms with Crippen LogP contribution in [0.1, 0.15) is 6.42 Å². The standard InChI is InChI=1S/C5H6N2S3/c8-4-6-2-1-3-7(6)5(9)10-4/h1-3H2. The Balaban J connectivity index is 2.85. The first kappa shape index (κ1) is 6.69. The summed E-state index contributed by atoms with van der Waals surface area (Å²) in [6.07, 6.45) is 1.18. The molecule has 2 heterocycles. The summed E-state index contributed by atoms with van der Waals surface area (Å²) in [5, 5.41) is 0. The van der Waals surface area contributed by atoms with Crippen molar-refractivity contribution < 1.29 is 0 Å². The van der Waals surface area contributed by atoms with Crippen LogP contribution in [0, 0.1) is 7.91 Å². The molecule has 10 heavy (non-hydrogen) atoms. The van der Waals surface area contributed by atoms with Gasteiger partial charge in [-0.3, -0.25) is 9.36 Å². The number of rotatable bonds is 0. The zero-order valence-electron chi connectivity index (χ0n) is 5.24. The van der Waals surface area contributed by atoms with E-state index in [9.17, 15) is 0 Å². The van der Waals surface area contributed by atoms with E-state index in [1.54, 1.807) is 0 Å². The highest BCUT2D eigenvalue weighted by Gasteiger charge is 2.10. The predicted octanol–water partition coefficient (Wildman–Crippen LogP) is 2.21. The molecule has 0 unspecified atom stereocenters. The highest BCUT2D eigenvalue weighted by atomic mass is 32.2. The lowest BCUT2D eigenvalue weighted by Crippen LogP contribution is -2.00. The van der Waals surface area contributed by atoms with Gasteiger partial charge in [0.15, 0.2) is 7.91 Å². The first-order valence-corrected chi connectivity index (χ1v) is 4.73. The van der Waals surface area contributed by atoms with E-state index in [0.29, 0.717) is 0 Å². The second-order valence-electron chi connectivity index (χ2n) is 2.23. The van der Waals surface area contributed by atoms with Gasteiger partial charge in [-0.05, 0) is 30.9 Å². The Kier molecular flexibility index (Phi) is 1.51. The summed E-state index contributed by atoms with van der Waals surface area (Å²) in [6.45, 7) is 2.10. The maximum Gasteiger partial charge on any atom is 0.178 e. The van der Waals surface area contributed by atoms with Crippen LogP contribution in [0.15, 0.2) is 0 Å². The van der Waals surface area contributed by atoms with Gasteiger partial charge >= 0.3 is 0 Å². The molecule has 0 radical (unpaired) electrons. The molecule has 2 rings (SSSR count). The molecule has 0 aliphatic carbocycles. The van der Waals surface area contributed by atoms with Gasteiger partial charge in [-0.15, -0.1) is 0 Å². The van der Waals surface area contributed by atoms with Gasteiger partial charge in [0.2, 0.25) is 0 Å². The topological polar surface area (TPSA) is 9.86 Å². The summed E-state index contributed by atoms with van der Waals surface area (Å²) in [6, 6.07) is 0. The molecular formula is C5H6N2S3. The van der Waals surface area contributed by atoms with Crippen LogP contribution in [0.2, 0.25) is 0 Å². The molecule has 0 saturated carbocycles. The summed E-state index contributed by atoms with van der Waals surface area (Å²) < 4.78 is 6.01. The van der Waals surface area contributed by atoms with Gasteiger partial charge in [0.05, 0.1) is 0 Å². The van der Waals surface area contributed by atoms with E-state index >= 15 is 0 Å². The Morgan fingerprint density at radius 2 is 1.60 bits per heavy atom. The zero-order valence-corrected chi connectivity index (χ0v) is 7.69. The minimum atomic E-state index is 0.919. The second-order valence-corrected chi connectivity index (χ2v) is 4.50. The van der Waals surface area contributed by atoms with Crippen LogP contribution in [-0.4, -0.2) is 9.36 Å². The fourth-order valence-electron chi connectivity index (χ4n) is 1.17. The molecule has 0 spiro atoms. The molecule has 0 N–H and O–H groups in total. The lowest BCUT2D eigenvalue weighted by molar-refractivity contribution is 0.598. The molecule has 0 fully saturated rings. The zero-order chi connectivity index (χ0) is 7.14. The van der Waals surface area contributed by atoms with Crippen LogP contribution < -0.4 is 0 Å². The Morgan fingerprint density at radius 1 is 1.10 bits per heavy atom. The van der Waals surface area contributed by atoms with Crippen molar-refractivity contribution in [3.8, 4) is 0 Å². The normalized spacial score (nSPS) is 15.6.